The van der Waals surface area contributed by atoms with Crippen LogP contribution in [-0.2, 0) is 0 Å². The van der Waals surface area contributed by atoms with Crippen LogP contribution in [0.2, 0.25) is 0 Å². The molecular weight excluding hydrogens is 254 g/mol. The number of nitrogens with zero attached hydrogens (tertiary/aromatic N) is 1. The number of hydrogen-bond acceptors (Lipinski definition) is 3. The molecule has 0 saturated carbocycles. The lowest BCUT2D eigenvalue weighted by molar-refractivity contribution is 0.415. The van der Waals surface area contributed by atoms with E-state index >= 15 is 0 Å². The van der Waals surface area contributed by atoms with Crippen LogP contribution in [0.1, 0.15) is 12.1 Å². The standard InChI is InChI=1S/C16H12NOS/c1-18-12-8-6-11-7-9-14(17-15(11)10-12)13-4-2-3-5-16(13)19/h2-4,6,8-10H,5H2,1H3. The van der Waals surface area contributed by atoms with E-state index in [0.717, 1.165) is 39.2 Å². The number of pyridine rings is 1. The van der Waals surface area contributed by atoms with Gasteiger partial charge in [0.25, 0.3) is 0 Å². The summed E-state index contributed by atoms with van der Waals surface area (Å²) < 4.78 is 5.22. The van der Waals surface area contributed by atoms with Crippen molar-refractivity contribution in [3.63, 3.8) is 0 Å². The molecule has 0 amide bonds. The van der Waals surface area contributed by atoms with Crippen molar-refractivity contribution in [2.45, 2.75) is 6.42 Å². The van der Waals surface area contributed by atoms with Gasteiger partial charge < -0.3 is 4.74 Å². The van der Waals surface area contributed by atoms with Gasteiger partial charge in [-0.2, -0.15) is 0 Å². The SMILES string of the molecule is COc1ccc2[c]cc(C3=CC=CCC3=S)nc2c1. The topological polar surface area (TPSA) is 22.1 Å². The molecule has 0 bridgehead atoms. The van der Waals surface area contributed by atoms with Crippen LogP contribution in [0.3, 0.4) is 0 Å². The van der Waals surface area contributed by atoms with Gasteiger partial charge in [-0.3, -0.25) is 0 Å². The predicted octanol–water partition coefficient (Wildman–Crippen LogP) is 3.76. The number of ether oxygens (including phenoxy) is 1. The molecule has 0 aliphatic heterocycles. The molecule has 3 rings (SSSR count). The van der Waals surface area contributed by atoms with Gasteiger partial charge in [-0.15, -0.1) is 0 Å². The van der Waals surface area contributed by atoms with Crippen LogP contribution in [0, 0.1) is 6.07 Å². The highest BCUT2D eigenvalue weighted by molar-refractivity contribution is 7.81. The molecule has 2 nitrogen and oxygen atoms in total. The Kier molecular flexibility index (Phi) is 3.13. The van der Waals surface area contributed by atoms with E-state index in [-0.39, 0.29) is 0 Å². The quantitative estimate of drug-likeness (QED) is 0.773. The van der Waals surface area contributed by atoms with Gasteiger partial charge in [-0.1, -0.05) is 30.4 Å². The zero-order chi connectivity index (χ0) is 13.2. The second kappa shape index (κ2) is 4.94. The van der Waals surface area contributed by atoms with Gasteiger partial charge >= 0.3 is 0 Å². The first kappa shape index (κ1) is 12.1. The molecule has 19 heavy (non-hydrogen) atoms. The number of aromatic nitrogens is 1. The molecule has 1 radical (unpaired) electrons. The maximum absolute atomic E-state index is 5.38. The predicted molar refractivity (Wildman–Crippen MR) is 81.5 cm³/mol. The van der Waals surface area contributed by atoms with E-state index in [2.05, 4.69) is 17.1 Å². The van der Waals surface area contributed by atoms with Gasteiger partial charge in [-0.25, -0.2) is 4.98 Å². The lowest BCUT2D eigenvalue weighted by atomic mass is 10.0. The van der Waals surface area contributed by atoms with E-state index in [1.807, 2.05) is 36.4 Å². The molecule has 3 heteroatoms. The van der Waals surface area contributed by atoms with Crippen molar-refractivity contribution in [1.29, 1.82) is 0 Å². The van der Waals surface area contributed by atoms with Crippen molar-refractivity contribution in [1.82, 2.24) is 4.98 Å². The second-order valence-corrected chi connectivity index (χ2v) is 4.80. The smallest absolute Gasteiger partial charge is 0.121 e. The van der Waals surface area contributed by atoms with Gasteiger partial charge in [0, 0.05) is 28.3 Å². The van der Waals surface area contributed by atoms with Crippen LogP contribution in [0.4, 0.5) is 0 Å². The van der Waals surface area contributed by atoms with Crippen molar-refractivity contribution in [2.75, 3.05) is 7.11 Å². The van der Waals surface area contributed by atoms with E-state index < -0.39 is 0 Å². The Bertz CT molecular complexity index is 716. The Morgan fingerprint density at radius 3 is 3.05 bits per heavy atom. The van der Waals surface area contributed by atoms with Crippen LogP contribution in [0.15, 0.2) is 42.5 Å². The number of allylic oxidation sites excluding steroid dienone is 4. The largest absolute Gasteiger partial charge is 0.497 e. The number of rotatable bonds is 2. The minimum absolute atomic E-state index is 0.797. The first-order valence-electron chi connectivity index (χ1n) is 6.05. The summed E-state index contributed by atoms with van der Waals surface area (Å²) in [4.78, 5) is 5.58. The Morgan fingerprint density at radius 2 is 2.26 bits per heavy atom. The summed E-state index contributed by atoms with van der Waals surface area (Å²) in [6, 6.07) is 10.9. The molecule has 1 heterocycles. The monoisotopic (exact) mass is 266 g/mol. The molecule has 0 saturated heterocycles. The van der Waals surface area contributed by atoms with Crippen molar-refractivity contribution < 1.29 is 4.74 Å². The number of hydrogen-bond donors (Lipinski definition) is 0. The maximum atomic E-state index is 5.38. The Morgan fingerprint density at radius 1 is 1.37 bits per heavy atom. The van der Waals surface area contributed by atoms with Gasteiger partial charge in [0.1, 0.15) is 5.75 Å². The molecule has 0 atom stereocenters. The zero-order valence-corrected chi connectivity index (χ0v) is 11.3. The lowest BCUT2D eigenvalue weighted by Gasteiger charge is -2.11. The molecule has 0 fully saturated rings. The average Bonchev–Trinajstić information content (AvgIpc) is 2.46. The van der Waals surface area contributed by atoms with E-state index in [1.165, 1.54) is 0 Å². The molecule has 0 N–H and O–H groups in total. The van der Waals surface area contributed by atoms with Gasteiger partial charge in [0.15, 0.2) is 0 Å². The fourth-order valence-electron chi connectivity index (χ4n) is 2.07. The minimum Gasteiger partial charge on any atom is -0.497 e. The van der Waals surface area contributed by atoms with Crippen molar-refractivity contribution >= 4 is 33.6 Å². The Balaban J connectivity index is 2.12. The fourth-order valence-corrected chi connectivity index (χ4v) is 2.34. The highest BCUT2D eigenvalue weighted by Crippen LogP contribution is 2.24. The average molecular weight is 266 g/mol. The molecule has 1 aromatic carbocycles. The van der Waals surface area contributed by atoms with E-state index in [0.29, 0.717) is 0 Å². The highest BCUT2D eigenvalue weighted by Gasteiger charge is 2.11. The highest BCUT2D eigenvalue weighted by atomic mass is 32.1. The van der Waals surface area contributed by atoms with Crippen molar-refractivity contribution in [2.24, 2.45) is 0 Å². The molecule has 0 unspecified atom stereocenters. The summed E-state index contributed by atoms with van der Waals surface area (Å²) in [5.41, 5.74) is 2.75. The molecule has 0 spiro atoms. The lowest BCUT2D eigenvalue weighted by Crippen LogP contribution is -2.02. The van der Waals surface area contributed by atoms with E-state index in [4.69, 9.17) is 17.0 Å². The number of thiocarbonyl (C=S) groups is 1. The zero-order valence-electron chi connectivity index (χ0n) is 10.5. The summed E-state index contributed by atoms with van der Waals surface area (Å²) in [7, 11) is 1.65. The maximum Gasteiger partial charge on any atom is 0.121 e. The molecule has 2 aromatic rings. The number of benzene rings is 1. The summed E-state index contributed by atoms with van der Waals surface area (Å²) in [6.45, 7) is 0. The van der Waals surface area contributed by atoms with E-state index in [1.54, 1.807) is 7.11 Å². The summed E-state index contributed by atoms with van der Waals surface area (Å²) in [5, 5.41) is 0.974. The van der Waals surface area contributed by atoms with Crippen LogP contribution in [0.5, 0.6) is 5.75 Å². The molecular formula is C16H12NOS. The summed E-state index contributed by atoms with van der Waals surface area (Å²) in [5.74, 6) is 0.797. The third-order valence-electron chi connectivity index (χ3n) is 3.09. The minimum atomic E-state index is 0.797. The number of methoxy groups -OCH3 is 1. The first-order chi connectivity index (χ1) is 9.28. The van der Waals surface area contributed by atoms with Crippen molar-refractivity contribution in [3.8, 4) is 5.75 Å². The molecule has 1 aromatic heterocycles. The van der Waals surface area contributed by atoms with Gasteiger partial charge in [0.05, 0.1) is 18.3 Å². The van der Waals surface area contributed by atoms with Crippen LogP contribution in [-0.4, -0.2) is 17.0 Å². The fraction of sp³-hybridized carbons (Fsp3) is 0.125. The molecule has 93 valence electrons. The van der Waals surface area contributed by atoms with Crippen LogP contribution in [0.25, 0.3) is 16.5 Å². The first-order valence-corrected chi connectivity index (χ1v) is 6.45. The van der Waals surface area contributed by atoms with Crippen LogP contribution < -0.4 is 4.74 Å². The normalized spacial score (nSPS) is 14.6. The third-order valence-corrected chi connectivity index (χ3v) is 3.48. The van der Waals surface area contributed by atoms with Crippen molar-refractivity contribution in [3.05, 3.63) is 54.3 Å². The second-order valence-electron chi connectivity index (χ2n) is 4.30. The molecule has 1 aliphatic rings. The summed E-state index contributed by atoms with van der Waals surface area (Å²) >= 11 is 5.38. The van der Waals surface area contributed by atoms with E-state index in [9.17, 15) is 0 Å². The van der Waals surface area contributed by atoms with Crippen LogP contribution >= 0.6 is 12.2 Å². The van der Waals surface area contributed by atoms with Gasteiger partial charge in [-0.05, 0) is 24.3 Å². The van der Waals surface area contributed by atoms with Gasteiger partial charge in [0.2, 0.25) is 0 Å². The number of fused-ring (bicyclic) bond motifs is 1. The molecule has 1 aliphatic carbocycles. The third kappa shape index (κ3) is 2.29. The Hall–Kier alpha value is -2.00. The Labute approximate surface area is 117 Å². The summed E-state index contributed by atoms with van der Waals surface area (Å²) in [6.07, 6.45) is 6.88.